The minimum atomic E-state index is -1.05. The van der Waals surface area contributed by atoms with Crippen LogP contribution in [0, 0.1) is 22.7 Å². The molecule has 4 rings (SSSR count). The van der Waals surface area contributed by atoms with Crippen LogP contribution in [-0.2, 0) is 38.1 Å². The maximum absolute atomic E-state index is 13.0. The van der Waals surface area contributed by atoms with Crippen molar-refractivity contribution in [2.45, 2.75) is 50.6 Å². The molecule has 0 aliphatic heterocycles. The molecule has 0 saturated heterocycles. The lowest BCUT2D eigenvalue weighted by Gasteiger charge is -2.59. The Morgan fingerprint density at radius 3 is 1.50 bits per heavy atom. The monoisotopic (exact) mass is 426 g/mol. The van der Waals surface area contributed by atoms with Gasteiger partial charge in [-0.25, -0.2) is 0 Å². The Balaban J connectivity index is 1.68. The number of ether oxygens (including phenoxy) is 4. The summed E-state index contributed by atoms with van der Waals surface area (Å²) in [6.45, 7) is -0.540. The topological polar surface area (TPSA) is 157 Å². The van der Waals surface area contributed by atoms with Gasteiger partial charge in [0.25, 0.3) is 0 Å². The largest absolute Gasteiger partial charge is 0.468 e. The van der Waals surface area contributed by atoms with Gasteiger partial charge in [0.05, 0.1) is 25.0 Å². The summed E-state index contributed by atoms with van der Waals surface area (Å²) in [6.07, 6.45) is 3.87. The Hall–Kier alpha value is -2.20. The van der Waals surface area contributed by atoms with E-state index in [1.54, 1.807) is 0 Å². The summed E-state index contributed by atoms with van der Waals surface area (Å²) in [6, 6.07) is -2.10. The Bertz CT molecular complexity index is 654. The molecule has 10 nitrogen and oxygen atoms in total. The van der Waals surface area contributed by atoms with Crippen molar-refractivity contribution in [1.29, 1.82) is 0 Å². The summed E-state index contributed by atoms with van der Waals surface area (Å²) >= 11 is 0. The standard InChI is InChI=1S/C20H30N2O8/c1-27-15(23)13(21)8-29-17(25)19-4-11-3-12(5-19)7-20(6-11,10-19)18(26)30-9-14(22)16(24)28-2/h11-14H,3-10,21-22H2,1-2H3/t11?,12?,13-,14-,19?,20?/m0/s1. The summed E-state index contributed by atoms with van der Waals surface area (Å²) < 4.78 is 19.9. The van der Waals surface area contributed by atoms with Gasteiger partial charge in [-0.2, -0.15) is 0 Å². The third kappa shape index (κ3) is 4.15. The lowest BCUT2D eigenvalue weighted by atomic mass is 9.44. The second kappa shape index (κ2) is 8.50. The van der Waals surface area contributed by atoms with E-state index >= 15 is 0 Å². The van der Waals surface area contributed by atoms with Crippen molar-refractivity contribution < 1.29 is 38.1 Å². The summed E-state index contributed by atoms with van der Waals surface area (Å²) in [5, 5.41) is 0. The number of methoxy groups -OCH3 is 2. The molecule has 10 heteroatoms. The smallest absolute Gasteiger partial charge is 0.326 e. The molecule has 0 amide bonds. The van der Waals surface area contributed by atoms with Crippen LogP contribution >= 0.6 is 0 Å². The van der Waals surface area contributed by atoms with Crippen LogP contribution in [0.4, 0.5) is 0 Å². The van der Waals surface area contributed by atoms with Crippen LogP contribution in [0.2, 0.25) is 0 Å². The highest BCUT2D eigenvalue weighted by atomic mass is 16.6. The average Bonchev–Trinajstić information content (AvgIpc) is 2.72. The molecule has 0 heterocycles. The number of hydrogen-bond donors (Lipinski definition) is 2. The van der Waals surface area contributed by atoms with E-state index in [0.717, 1.165) is 6.42 Å². The van der Waals surface area contributed by atoms with Gasteiger partial charge in [0, 0.05) is 0 Å². The fourth-order valence-electron chi connectivity index (χ4n) is 5.82. The first-order valence-electron chi connectivity index (χ1n) is 10.2. The van der Waals surface area contributed by atoms with Crippen LogP contribution in [0.25, 0.3) is 0 Å². The molecule has 30 heavy (non-hydrogen) atoms. The summed E-state index contributed by atoms with van der Waals surface area (Å²) in [7, 11) is 2.43. The minimum absolute atomic E-state index is 0.218. The van der Waals surface area contributed by atoms with E-state index in [0.29, 0.717) is 32.1 Å². The van der Waals surface area contributed by atoms with E-state index < -0.39 is 46.8 Å². The summed E-state index contributed by atoms with van der Waals surface area (Å²) in [5.74, 6) is -1.74. The van der Waals surface area contributed by atoms with E-state index in [2.05, 4.69) is 9.47 Å². The van der Waals surface area contributed by atoms with Crippen molar-refractivity contribution in [3.05, 3.63) is 0 Å². The molecule has 0 unspecified atom stereocenters. The fourth-order valence-corrected chi connectivity index (χ4v) is 5.82. The van der Waals surface area contributed by atoms with Crippen LogP contribution < -0.4 is 11.5 Å². The van der Waals surface area contributed by atoms with Crippen LogP contribution in [-0.4, -0.2) is 63.4 Å². The van der Waals surface area contributed by atoms with Gasteiger partial charge in [-0.1, -0.05) is 0 Å². The maximum Gasteiger partial charge on any atom is 0.326 e. The van der Waals surface area contributed by atoms with Gasteiger partial charge in [0.2, 0.25) is 0 Å². The van der Waals surface area contributed by atoms with E-state index in [1.165, 1.54) is 14.2 Å². The third-order valence-electron chi connectivity index (χ3n) is 6.72. The average molecular weight is 426 g/mol. The molecule has 4 aliphatic carbocycles. The first-order valence-corrected chi connectivity index (χ1v) is 10.2. The lowest BCUT2D eigenvalue weighted by molar-refractivity contribution is -0.194. The van der Waals surface area contributed by atoms with Crippen molar-refractivity contribution >= 4 is 23.9 Å². The van der Waals surface area contributed by atoms with Gasteiger partial charge < -0.3 is 30.4 Å². The van der Waals surface area contributed by atoms with Crippen molar-refractivity contribution in [1.82, 2.24) is 0 Å². The third-order valence-corrected chi connectivity index (χ3v) is 6.72. The summed E-state index contributed by atoms with van der Waals surface area (Å²) in [4.78, 5) is 48.9. The van der Waals surface area contributed by atoms with Crippen molar-refractivity contribution in [2.75, 3.05) is 27.4 Å². The quantitative estimate of drug-likeness (QED) is 0.388. The molecule has 2 atom stereocenters. The molecule has 4 N–H and O–H groups in total. The maximum atomic E-state index is 13.0. The highest BCUT2D eigenvalue weighted by Crippen LogP contribution is 2.66. The molecular formula is C20H30N2O8. The predicted octanol–water partition coefficient (Wildman–Crippen LogP) is -0.340. The molecule has 0 aromatic carbocycles. The number of nitrogens with two attached hydrogens (primary N) is 2. The number of carbonyl (C=O) groups excluding carboxylic acids is 4. The van der Waals surface area contributed by atoms with Crippen LogP contribution in [0.15, 0.2) is 0 Å². The molecule has 4 aliphatic rings. The Kier molecular flexibility index (Phi) is 6.37. The minimum Gasteiger partial charge on any atom is -0.468 e. The zero-order valence-corrected chi connectivity index (χ0v) is 17.4. The first kappa shape index (κ1) is 22.5. The molecule has 0 aromatic heterocycles. The molecule has 4 fully saturated rings. The Labute approximate surface area is 174 Å². The van der Waals surface area contributed by atoms with E-state index in [9.17, 15) is 19.2 Å². The van der Waals surface area contributed by atoms with E-state index in [-0.39, 0.29) is 25.0 Å². The highest BCUT2D eigenvalue weighted by Gasteiger charge is 2.64. The molecule has 4 saturated carbocycles. The van der Waals surface area contributed by atoms with Gasteiger partial charge in [0.15, 0.2) is 0 Å². The second-order valence-corrected chi connectivity index (χ2v) is 8.98. The molecule has 4 bridgehead atoms. The van der Waals surface area contributed by atoms with Crippen molar-refractivity contribution in [3.63, 3.8) is 0 Å². The van der Waals surface area contributed by atoms with Crippen LogP contribution in [0.1, 0.15) is 38.5 Å². The van der Waals surface area contributed by atoms with Crippen molar-refractivity contribution in [3.8, 4) is 0 Å². The van der Waals surface area contributed by atoms with Crippen LogP contribution in [0.3, 0.4) is 0 Å². The number of carbonyl (C=O) groups is 4. The predicted molar refractivity (Wildman–Crippen MR) is 101 cm³/mol. The molecule has 0 radical (unpaired) electrons. The number of rotatable bonds is 8. The van der Waals surface area contributed by atoms with E-state index in [1.807, 2.05) is 0 Å². The Morgan fingerprint density at radius 1 is 0.800 bits per heavy atom. The van der Waals surface area contributed by atoms with Gasteiger partial charge in [-0.15, -0.1) is 0 Å². The first-order chi connectivity index (χ1) is 14.1. The lowest BCUT2D eigenvalue weighted by Crippen LogP contribution is -2.58. The summed E-state index contributed by atoms with van der Waals surface area (Å²) in [5.41, 5.74) is 9.76. The van der Waals surface area contributed by atoms with E-state index in [4.69, 9.17) is 20.9 Å². The normalized spacial score (nSPS) is 33.3. The molecule has 0 aromatic rings. The zero-order valence-electron chi connectivity index (χ0n) is 17.4. The number of hydrogen-bond acceptors (Lipinski definition) is 10. The SMILES string of the molecule is COC(=O)[C@@H](N)COC(=O)C12CC3CC(C1)CC(C(=O)OC[C@H](N)C(=O)OC)(C3)C2. The second-order valence-electron chi connectivity index (χ2n) is 8.98. The number of esters is 4. The Morgan fingerprint density at radius 2 is 1.17 bits per heavy atom. The van der Waals surface area contributed by atoms with Gasteiger partial charge in [-0.3, -0.25) is 19.2 Å². The van der Waals surface area contributed by atoms with Crippen LogP contribution in [0.5, 0.6) is 0 Å². The molecular weight excluding hydrogens is 396 g/mol. The fraction of sp³-hybridized carbons (Fsp3) is 0.800. The van der Waals surface area contributed by atoms with Gasteiger partial charge >= 0.3 is 23.9 Å². The van der Waals surface area contributed by atoms with Crippen molar-refractivity contribution in [2.24, 2.45) is 34.1 Å². The molecule has 0 spiro atoms. The van der Waals surface area contributed by atoms with Gasteiger partial charge in [0.1, 0.15) is 25.3 Å². The molecule has 168 valence electrons. The zero-order chi connectivity index (χ0) is 22.1. The van der Waals surface area contributed by atoms with Gasteiger partial charge in [-0.05, 0) is 50.4 Å². The highest BCUT2D eigenvalue weighted by molar-refractivity contribution is 5.84.